The van der Waals surface area contributed by atoms with Gasteiger partial charge in [0.05, 0.1) is 0 Å². The van der Waals surface area contributed by atoms with E-state index in [4.69, 9.17) is 5.73 Å². The zero-order valence-corrected chi connectivity index (χ0v) is 17.9. The van der Waals surface area contributed by atoms with E-state index in [0.29, 0.717) is 29.9 Å². The van der Waals surface area contributed by atoms with Gasteiger partial charge in [0.25, 0.3) is 5.91 Å². The van der Waals surface area contributed by atoms with Crippen molar-refractivity contribution in [3.63, 3.8) is 0 Å². The topological polar surface area (TPSA) is 92.1 Å². The van der Waals surface area contributed by atoms with Crippen LogP contribution < -0.4 is 5.73 Å². The Morgan fingerprint density at radius 3 is 2.73 bits per heavy atom. The molecule has 1 unspecified atom stereocenters. The molecule has 2 aromatic heterocycles. The Morgan fingerprint density at radius 1 is 1.06 bits per heavy atom. The number of hydrogen-bond donors (Lipinski definition) is 2. The van der Waals surface area contributed by atoms with Crippen LogP contribution in [0, 0.1) is 5.82 Å². The minimum absolute atomic E-state index is 0.0869. The van der Waals surface area contributed by atoms with E-state index in [-0.39, 0.29) is 17.6 Å². The van der Waals surface area contributed by atoms with E-state index in [1.165, 1.54) is 12.1 Å². The molecule has 6 nitrogen and oxygen atoms in total. The average molecular weight is 442 g/mol. The highest BCUT2D eigenvalue weighted by atomic mass is 19.1. The van der Waals surface area contributed by atoms with Crippen LogP contribution in [0.5, 0.6) is 0 Å². The highest BCUT2D eigenvalue weighted by Gasteiger charge is 2.27. The Morgan fingerprint density at radius 2 is 1.94 bits per heavy atom. The highest BCUT2D eigenvalue weighted by molar-refractivity contribution is 5.98. The van der Waals surface area contributed by atoms with Crippen LogP contribution >= 0.6 is 0 Å². The summed E-state index contributed by atoms with van der Waals surface area (Å²) in [6, 6.07) is 17.3. The summed E-state index contributed by atoms with van der Waals surface area (Å²) in [4.78, 5) is 34.1. The fourth-order valence-electron chi connectivity index (χ4n) is 4.46. The van der Waals surface area contributed by atoms with Gasteiger partial charge in [-0.2, -0.15) is 0 Å². The van der Waals surface area contributed by atoms with Gasteiger partial charge >= 0.3 is 0 Å². The van der Waals surface area contributed by atoms with Gasteiger partial charge < -0.3 is 15.6 Å². The van der Waals surface area contributed by atoms with Crippen LogP contribution in [0.2, 0.25) is 0 Å². The summed E-state index contributed by atoms with van der Waals surface area (Å²) in [6.07, 6.45) is 3.63. The molecule has 1 saturated heterocycles. The van der Waals surface area contributed by atoms with Crippen LogP contribution in [0.4, 0.5) is 4.39 Å². The van der Waals surface area contributed by atoms with E-state index < -0.39 is 5.91 Å². The quantitative estimate of drug-likeness (QED) is 0.488. The van der Waals surface area contributed by atoms with Crippen molar-refractivity contribution in [3.8, 4) is 11.1 Å². The summed E-state index contributed by atoms with van der Waals surface area (Å²) in [5.74, 6) is -0.752. The van der Waals surface area contributed by atoms with E-state index in [0.717, 1.165) is 35.0 Å². The van der Waals surface area contributed by atoms with Crippen LogP contribution in [-0.4, -0.2) is 39.8 Å². The van der Waals surface area contributed by atoms with Crippen molar-refractivity contribution >= 4 is 22.7 Å². The van der Waals surface area contributed by atoms with Crippen molar-refractivity contribution in [3.05, 3.63) is 89.6 Å². The van der Waals surface area contributed by atoms with Gasteiger partial charge in [0, 0.05) is 52.9 Å². The van der Waals surface area contributed by atoms with E-state index >= 15 is 0 Å². The van der Waals surface area contributed by atoms with Crippen LogP contribution in [0.25, 0.3) is 22.0 Å². The predicted octanol–water partition coefficient (Wildman–Crippen LogP) is 4.49. The van der Waals surface area contributed by atoms with E-state index in [2.05, 4.69) is 9.97 Å². The van der Waals surface area contributed by atoms with Crippen LogP contribution in [0.15, 0.2) is 66.9 Å². The summed E-state index contributed by atoms with van der Waals surface area (Å²) in [5.41, 5.74) is 9.63. The molecule has 0 spiro atoms. The van der Waals surface area contributed by atoms with Gasteiger partial charge in [-0.05, 0) is 60.9 Å². The molecule has 1 atom stereocenters. The number of nitrogens with zero attached hydrogens (tertiary/aromatic N) is 2. The van der Waals surface area contributed by atoms with Gasteiger partial charge in [-0.3, -0.25) is 14.6 Å². The number of nitrogens with two attached hydrogens (primary N) is 1. The second-order valence-corrected chi connectivity index (χ2v) is 8.42. The predicted molar refractivity (Wildman–Crippen MR) is 124 cm³/mol. The molecule has 3 N–H and O–H groups in total. The summed E-state index contributed by atoms with van der Waals surface area (Å²) in [6.45, 7) is 1.25. The van der Waals surface area contributed by atoms with Crippen molar-refractivity contribution in [2.45, 2.75) is 18.8 Å². The minimum atomic E-state index is -0.464. The lowest BCUT2D eigenvalue weighted by atomic mass is 9.93. The van der Waals surface area contributed by atoms with Crippen LogP contribution in [-0.2, 0) is 0 Å². The third kappa shape index (κ3) is 4.22. The Balaban J connectivity index is 1.32. The number of nitrogens with one attached hydrogen (secondary N) is 1. The van der Waals surface area contributed by atoms with E-state index in [1.54, 1.807) is 36.5 Å². The van der Waals surface area contributed by atoms with Crippen LogP contribution in [0.3, 0.4) is 0 Å². The highest BCUT2D eigenvalue weighted by Crippen LogP contribution is 2.29. The molecule has 4 aromatic rings. The fraction of sp³-hybridized carbons (Fsp3) is 0.192. The van der Waals surface area contributed by atoms with E-state index in [1.807, 2.05) is 23.1 Å². The molecule has 0 radical (unpaired) electrons. The molecule has 0 aliphatic carbocycles. The molecule has 1 fully saturated rings. The number of pyridine rings is 1. The number of H-pyrrole nitrogens is 1. The number of halogens is 1. The molecule has 0 saturated carbocycles. The number of benzene rings is 2. The van der Waals surface area contributed by atoms with Gasteiger partial charge in [0.1, 0.15) is 11.5 Å². The summed E-state index contributed by atoms with van der Waals surface area (Å²) in [7, 11) is 0. The summed E-state index contributed by atoms with van der Waals surface area (Å²) in [5, 5.41) is 0.811. The lowest BCUT2D eigenvalue weighted by Gasteiger charge is -2.32. The second-order valence-electron chi connectivity index (χ2n) is 8.42. The van der Waals surface area contributed by atoms with Gasteiger partial charge in [0.2, 0.25) is 5.91 Å². The normalized spacial score (nSPS) is 16.2. The van der Waals surface area contributed by atoms with Crippen molar-refractivity contribution in [2.24, 2.45) is 5.73 Å². The largest absolute Gasteiger partial charge is 0.366 e. The van der Waals surface area contributed by atoms with Crippen molar-refractivity contribution in [1.82, 2.24) is 14.9 Å². The standard InChI is InChI=1S/C26H23FN4O2/c27-21-8-6-17-12-24(30-23(17)13-21)26(33)31-10-2-5-20(15-31)22-9-7-19(14-29-22)16-3-1-4-18(11-16)25(28)32/h1,3-4,6-9,11-14,20,30H,2,5,10,15H2,(H2,28,32). The third-order valence-electron chi connectivity index (χ3n) is 6.21. The zero-order chi connectivity index (χ0) is 22.9. The Bertz CT molecular complexity index is 1350. The van der Waals surface area contributed by atoms with Gasteiger partial charge in [-0.15, -0.1) is 0 Å². The van der Waals surface area contributed by atoms with Gasteiger partial charge in [-0.1, -0.05) is 18.2 Å². The monoisotopic (exact) mass is 442 g/mol. The number of aromatic amines is 1. The first-order valence-corrected chi connectivity index (χ1v) is 10.9. The Kier molecular flexibility index (Phi) is 5.38. The molecule has 2 aromatic carbocycles. The van der Waals surface area contributed by atoms with Crippen molar-refractivity contribution < 1.29 is 14.0 Å². The number of hydrogen-bond acceptors (Lipinski definition) is 3. The number of carbonyl (C=O) groups is 2. The number of amides is 2. The first kappa shape index (κ1) is 20.9. The number of primary amides is 1. The number of carbonyl (C=O) groups excluding carboxylic acids is 2. The second kappa shape index (κ2) is 8.50. The lowest BCUT2D eigenvalue weighted by Crippen LogP contribution is -2.39. The Hall–Kier alpha value is -4.00. The zero-order valence-electron chi connectivity index (χ0n) is 17.9. The molecule has 7 heteroatoms. The maximum absolute atomic E-state index is 13.5. The molecule has 3 heterocycles. The maximum Gasteiger partial charge on any atom is 0.270 e. The first-order valence-electron chi connectivity index (χ1n) is 10.9. The first-order chi connectivity index (χ1) is 16.0. The Labute approximate surface area is 190 Å². The SMILES string of the molecule is NC(=O)c1cccc(-c2ccc(C3CCCN(C(=O)c4cc5ccc(F)cc5[nH]4)C3)nc2)c1. The van der Waals surface area contributed by atoms with Crippen LogP contribution in [0.1, 0.15) is 45.3 Å². The summed E-state index contributed by atoms with van der Waals surface area (Å²) < 4.78 is 13.5. The number of aromatic nitrogens is 2. The number of fused-ring (bicyclic) bond motifs is 1. The maximum atomic E-state index is 13.5. The lowest BCUT2D eigenvalue weighted by molar-refractivity contribution is 0.0700. The molecular weight excluding hydrogens is 419 g/mol. The van der Waals surface area contributed by atoms with Gasteiger partial charge in [0.15, 0.2) is 0 Å². The number of piperidine rings is 1. The molecule has 1 aliphatic heterocycles. The van der Waals surface area contributed by atoms with Gasteiger partial charge in [-0.25, -0.2) is 4.39 Å². The molecule has 2 amide bonds. The molecule has 0 bridgehead atoms. The van der Waals surface area contributed by atoms with Crippen molar-refractivity contribution in [1.29, 1.82) is 0 Å². The number of likely N-dealkylation sites (tertiary alicyclic amines) is 1. The molecular formula is C26H23FN4O2. The minimum Gasteiger partial charge on any atom is -0.366 e. The third-order valence-corrected chi connectivity index (χ3v) is 6.21. The number of rotatable bonds is 4. The average Bonchev–Trinajstić information content (AvgIpc) is 3.27. The molecule has 1 aliphatic rings. The van der Waals surface area contributed by atoms with E-state index in [9.17, 15) is 14.0 Å². The summed E-state index contributed by atoms with van der Waals surface area (Å²) >= 11 is 0. The molecule has 5 rings (SSSR count). The molecule has 33 heavy (non-hydrogen) atoms. The fourth-order valence-corrected chi connectivity index (χ4v) is 4.46. The molecule has 166 valence electrons. The smallest absolute Gasteiger partial charge is 0.270 e. The van der Waals surface area contributed by atoms with Crippen molar-refractivity contribution in [2.75, 3.05) is 13.1 Å².